The van der Waals surface area contributed by atoms with E-state index in [1.165, 1.54) is 6.08 Å². The number of allylic oxidation sites excluding steroid dienone is 1. The minimum Gasteiger partial charge on any atom is -0.326 e. The first kappa shape index (κ1) is 10.4. The fourth-order valence-corrected chi connectivity index (χ4v) is 1.01. The highest BCUT2D eigenvalue weighted by atomic mass is 16.7. The topological polar surface area (TPSA) is 63.7 Å². The molecular weight excluding hydrogens is 186 g/mol. The smallest absolute Gasteiger partial charge is 0.326 e. The number of nitrogens with zero attached hydrogens (tertiary/aromatic N) is 1. The summed E-state index contributed by atoms with van der Waals surface area (Å²) < 4.78 is 0. The summed E-state index contributed by atoms with van der Waals surface area (Å²) in [6.07, 6.45) is 1.45. The predicted octanol–water partition coefficient (Wildman–Crippen LogP) is 0.560. The van der Waals surface area contributed by atoms with Crippen molar-refractivity contribution in [3.05, 3.63) is 11.6 Å². The van der Waals surface area contributed by atoms with Crippen LogP contribution in [-0.4, -0.2) is 22.8 Å². The Morgan fingerprint density at radius 3 is 2.21 bits per heavy atom. The third-order valence-corrected chi connectivity index (χ3v) is 1.59. The van der Waals surface area contributed by atoms with Gasteiger partial charge in [0.1, 0.15) is 0 Å². The van der Waals surface area contributed by atoms with Crippen molar-refractivity contribution in [1.29, 1.82) is 0 Å². The van der Waals surface area contributed by atoms with Crippen LogP contribution in [0.5, 0.6) is 0 Å². The maximum atomic E-state index is 11.1. The highest BCUT2D eigenvalue weighted by molar-refractivity contribution is 6.02. The first-order chi connectivity index (χ1) is 6.50. The molecule has 0 N–H and O–H groups in total. The van der Waals surface area contributed by atoms with Gasteiger partial charge >= 0.3 is 5.97 Å². The molecule has 76 valence electrons. The van der Waals surface area contributed by atoms with E-state index in [1.807, 2.05) is 0 Å². The molecule has 14 heavy (non-hydrogen) atoms. The fraction of sp³-hybridized carbons (Fsp3) is 0.444. The van der Waals surface area contributed by atoms with Gasteiger partial charge in [0.05, 0.1) is 0 Å². The van der Waals surface area contributed by atoms with Crippen LogP contribution < -0.4 is 0 Å². The van der Waals surface area contributed by atoms with Crippen molar-refractivity contribution < 1.29 is 19.2 Å². The third kappa shape index (κ3) is 2.42. The van der Waals surface area contributed by atoms with E-state index in [2.05, 4.69) is 4.84 Å². The third-order valence-electron chi connectivity index (χ3n) is 1.59. The van der Waals surface area contributed by atoms with Crippen molar-refractivity contribution in [2.75, 3.05) is 0 Å². The Balaban J connectivity index is 2.60. The second-order valence-corrected chi connectivity index (χ2v) is 3.21. The van der Waals surface area contributed by atoms with Gasteiger partial charge in [0, 0.05) is 18.9 Å². The molecule has 1 saturated heterocycles. The zero-order valence-corrected chi connectivity index (χ0v) is 8.07. The molecule has 0 atom stereocenters. The molecule has 0 saturated carbocycles. The maximum Gasteiger partial charge on any atom is 0.356 e. The lowest BCUT2D eigenvalue weighted by Crippen LogP contribution is -2.31. The molecule has 1 rings (SSSR count). The van der Waals surface area contributed by atoms with Crippen LogP contribution in [-0.2, 0) is 19.2 Å². The summed E-state index contributed by atoms with van der Waals surface area (Å²) in [5, 5.41) is 0.530. The molecule has 0 spiro atoms. The van der Waals surface area contributed by atoms with E-state index in [9.17, 15) is 14.4 Å². The lowest BCUT2D eigenvalue weighted by atomic mass is 10.3. The van der Waals surface area contributed by atoms with E-state index in [0.29, 0.717) is 5.06 Å². The summed E-state index contributed by atoms with van der Waals surface area (Å²) in [7, 11) is 0. The monoisotopic (exact) mass is 197 g/mol. The Morgan fingerprint density at radius 1 is 1.29 bits per heavy atom. The van der Waals surface area contributed by atoms with Gasteiger partial charge in [0.25, 0.3) is 11.8 Å². The van der Waals surface area contributed by atoms with E-state index in [1.54, 1.807) is 13.8 Å². The lowest BCUT2D eigenvalue weighted by Gasteiger charge is -2.10. The maximum absolute atomic E-state index is 11.1. The van der Waals surface area contributed by atoms with E-state index in [0.717, 1.165) is 5.57 Å². The number of carbonyl (C=O) groups is 3. The van der Waals surface area contributed by atoms with E-state index < -0.39 is 17.8 Å². The number of hydrogen-bond acceptors (Lipinski definition) is 4. The highest BCUT2D eigenvalue weighted by Gasteiger charge is 2.32. The van der Waals surface area contributed by atoms with Crippen LogP contribution in [0, 0.1) is 0 Å². The van der Waals surface area contributed by atoms with Crippen LogP contribution in [0.4, 0.5) is 0 Å². The van der Waals surface area contributed by atoms with Crippen LogP contribution in [0.15, 0.2) is 11.6 Å². The van der Waals surface area contributed by atoms with Crippen LogP contribution in [0.2, 0.25) is 0 Å². The molecule has 2 amide bonds. The van der Waals surface area contributed by atoms with E-state index >= 15 is 0 Å². The second kappa shape index (κ2) is 4.04. The van der Waals surface area contributed by atoms with Crippen molar-refractivity contribution in [2.45, 2.75) is 26.7 Å². The summed E-state index contributed by atoms with van der Waals surface area (Å²) >= 11 is 0. The van der Waals surface area contributed by atoms with Crippen molar-refractivity contribution in [1.82, 2.24) is 5.06 Å². The van der Waals surface area contributed by atoms with Crippen LogP contribution >= 0.6 is 0 Å². The van der Waals surface area contributed by atoms with Crippen molar-refractivity contribution in [2.24, 2.45) is 0 Å². The standard InChI is InChI=1S/C9H11NO4/c1-6(2)5-9(13)14-10-7(11)3-4-8(10)12/h5H,3-4H2,1-2H3. The Morgan fingerprint density at radius 2 is 1.79 bits per heavy atom. The predicted molar refractivity (Wildman–Crippen MR) is 46.6 cm³/mol. The Hall–Kier alpha value is -1.65. The molecular formula is C9H11NO4. The summed E-state index contributed by atoms with van der Waals surface area (Å²) in [6.45, 7) is 3.43. The zero-order chi connectivity index (χ0) is 10.7. The molecule has 0 aromatic rings. The molecule has 0 radical (unpaired) electrons. The van der Waals surface area contributed by atoms with Gasteiger partial charge in [-0.1, -0.05) is 5.57 Å². The molecule has 0 aliphatic carbocycles. The second-order valence-electron chi connectivity index (χ2n) is 3.21. The molecule has 0 bridgehead atoms. The number of carbonyl (C=O) groups excluding carboxylic acids is 3. The van der Waals surface area contributed by atoms with Gasteiger partial charge in [-0.25, -0.2) is 4.79 Å². The fourth-order valence-electron chi connectivity index (χ4n) is 1.01. The van der Waals surface area contributed by atoms with Gasteiger partial charge in [-0.2, -0.15) is 0 Å². The van der Waals surface area contributed by atoms with Crippen molar-refractivity contribution in [3.63, 3.8) is 0 Å². The minimum atomic E-state index is -0.700. The zero-order valence-electron chi connectivity index (χ0n) is 8.07. The normalized spacial score (nSPS) is 15.7. The van der Waals surface area contributed by atoms with Gasteiger partial charge in [-0.3, -0.25) is 9.59 Å². The molecule has 1 aliphatic rings. The van der Waals surface area contributed by atoms with Gasteiger partial charge in [-0.05, 0) is 13.8 Å². The van der Waals surface area contributed by atoms with Gasteiger partial charge in [0.15, 0.2) is 0 Å². The molecule has 1 aliphatic heterocycles. The number of imide groups is 1. The van der Waals surface area contributed by atoms with E-state index in [4.69, 9.17) is 0 Å². The Kier molecular flexibility index (Phi) is 3.01. The van der Waals surface area contributed by atoms with Gasteiger partial charge < -0.3 is 4.84 Å². The molecule has 1 heterocycles. The number of hydrogen-bond donors (Lipinski definition) is 0. The van der Waals surface area contributed by atoms with Crippen molar-refractivity contribution in [3.8, 4) is 0 Å². The SMILES string of the molecule is CC(C)=CC(=O)ON1C(=O)CCC1=O. The largest absolute Gasteiger partial charge is 0.356 e. The quantitative estimate of drug-likeness (QED) is 0.479. The first-order valence-corrected chi connectivity index (χ1v) is 4.23. The molecule has 0 aromatic heterocycles. The summed E-state index contributed by atoms with van der Waals surface area (Å²) in [4.78, 5) is 37.6. The summed E-state index contributed by atoms with van der Waals surface area (Å²) in [6, 6.07) is 0. The molecule has 5 nitrogen and oxygen atoms in total. The highest BCUT2D eigenvalue weighted by Crippen LogP contribution is 2.12. The molecule has 1 fully saturated rings. The van der Waals surface area contributed by atoms with Crippen LogP contribution in [0.25, 0.3) is 0 Å². The summed E-state index contributed by atoms with van der Waals surface area (Å²) in [5.41, 5.74) is 0.745. The Labute approximate surface area is 81.3 Å². The van der Waals surface area contributed by atoms with Gasteiger partial charge in [0.2, 0.25) is 0 Å². The molecule has 0 aromatic carbocycles. The number of rotatable bonds is 2. The average Bonchev–Trinajstić information content (AvgIpc) is 2.34. The van der Waals surface area contributed by atoms with Gasteiger partial charge in [-0.15, -0.1) is 5.06 Å². The lowest BCUT2D eigenvalue weighted by molar-refractivity contribution is -0.193. The Bertz CT molecular complexity index is 299. The minimum absolute atomic E-state index is 0.112. The number of amides is 2. The van der Waals surface area contributed by atoms with Crippen molar-refractivity contribution >= 4 is 17.8 Å². The summed E-state index contributed by atoms with van der Waals surface area (Å²) in [5.74, 6) is -1.63. The number of hydroxylamine groups is 2. The first-order valence-electron chi connectivity index (χ1n) is 4.23. The average molecular weight is 197 g/mol. The van der Waals surface area contributed by atoms with Crippen LogP contribution in [0.1, 0.15) is 26.7 Å². The van der Waals surface area contributed by atoms with E-state index in [-0.39, 0.29) is 12.8 Å². The molecule has 5 heteroatoms. The van der Waals surface area contributed by atoms with Crippen LogP contribution in [0.3, 0.4) is 0 Å². The molecule has 0 unspecified atom stereocenters.